The van der Waals surface area contributed by atoms with E-state index in [0.717, 1.165) is 6.42 Å². The fourth-order valence-corrected chi connectivity index (χ4v) is 4.45. The van der Waals surface area contributed by atoms with E-state index in [0.29, 0.717) is 24.1 Å². The SMILES string of the molecule is CC1(n2c(=O)c3c(-c4noc(-c5ccc(F)cc5)n4)ncn3c3cccc(F)c32)CCCO1. The Bertz CT molecular complexity index is 1580. The molecule has 1 unspecified atom stereocenters. The van der Waals surface area contributed by atoms with Crippen LogP contribution in [0.25, 0.3) is 39.5 Å². The zero-order valence-electron chi connectivity index (χ0n) is 17.5. The molecule has 6 rings (SSSR count). The van der Waals surface area contributed by atoms with Gasteiger partial charge in [-0.15, -0.1) is 0 Å². The number of rotatable bonds is 3. The first-order valence-electron chi connectivity index (χ1n) is 10.4. The fraction of sp³-hybridized carbons (Fsp3) is 0.217. The Morgan fingerprint density at radius 3 is 2.67 bits per heavy atom. The molecule has 0 amide bonds. The summed E-state index contributed by atoms with van der Waals surface area (Å²) >= 11 is 0. The van der Waals surface area contributed by atoms with Gasteiger partial charge in [0, 0.05) is 12.2 Å². The van der Waals surface area contributed by atoms with Crippen molar-refractivity contribution in [3.63, 3.8) is 0 Å². The molecule has 1 aliphatic rings. The standard InChI is InChI=1S/C23H17F2N5O3/c1-23(10-3-11-32-23)30-18-15(25)4-2-5-16(18)29-12-26-17(19(29)22(30)31)20-27-21(33-28-20)13-6-8-14(24)9-7-13/h2,4-9,12H,3,10-11H2,1H3. The van der Waals surface area contributed by atoms with Crippen LogP contribution in [0.15, 0.2) is 58.1 Å². The van der Waals surface area contributed by atoms with Crippen molar-refractivity contribution in [2.75, 3.05) is 6.61 Å². The molecular weight excluding hydrogens is 432 g/mol. The molecule has 5 aromatic rings. The Kier molecular flexibility index (Phi) is 4.21. The summed E-state index contributed by atoms with van der Waals surface area (Å²) in [6.45, 7) is 2.25. The molecule has 1 atom stereocenters. The lowest BCUT2D eigenvalue weighted by molar-refractivity contribution is -0.0451. The van der Waals surface area contributed by atoms with Gasteiger partial charge in [0.2, 0.25) is 5.82 Å². The Labute approximate surface area is 185 Å². The maximum absolute atomic E-state index is 15.0. The van der Waals surface area contributed by atoms with Crippen molar-refractivity contribution in [1.82, 2.24) is 24.1 Å². The van der Waals surface area contributed by atoms with Crippen LogP contribution in [-0.2, 0) is 10.5 Å². The maximum Gasteiger partial charge on any atom is 0.280 e. The van der Waals surface area contributed by atoms with Crippen LogP contribution in [0.1, 0.15) is 19.8 Å². The summed E-state index contributed by atoms with van der Waals surface area (Å²) in [4.78, 5) is 22.5. The number of hydrogen-bond acceptors (Lipinski definition) is 6. The van der Waals surface area contributed by atoms with Gasteiger partial charge in [-0.3, -0.25) is 13.8 Å². The predicted octanol–water partition coefficient (Wildman–Crippen LogP) is 4.13. The average molecular weight is 449 g/mol. The molecule has 3 aromatic heterocycles. The first kappa shape index (κ1) is 19.7. The number of hydrogen-bond donors (Lipinski definition) is 0. The third-order valence-corrected chi connectivity index (χ3v) is 6.02. The summed E-state index contributed by atoms with van der Waals surface area (Å²) in [5, 5.41) is 3.98. The van der Waals surface area contributed by atoms with E-state index >= 15 is 4.39 Å². The van der Waals surface area contributed by atoms with Gasteiger partial charge in [-0.1, -0.05) is 11.2 Å². The molecule has 1 saturated heterocycles. The van der Waals surface area contributed by atoms with Crippen LogP contribution < -0.4 is 5.56 Å². The largest absolute Gasteiger partial charge is 0.355 e. The number of nitrogens with zero attached hydrogens (tertiary/aromatic N) is 5. The van der Waals surface area contributed by atoms with Crippen molar-refractivity contribution in [3.05, 3.63) is 70.8 Å². The molecule has 1 aliphatic heterocycles. The van der Waals surface area contributed by atoms with Gasteiger partial charge in [0.1, 0.15) is 40.4 Å². The Hall–Kier alpha value is -3.92. The Morgan fingerprint density at radius 1 is 1.09 bits per heavy atom. The highest BCUT2D eigenvalue weighted by molar-refractivity contribution is 5.84. The van der Waals surface area contributed by atoms with E-state index in [9.17, 15) is 9.18 Å². The highest BCUT2D eigenvalue weighted by Crippen LogP contribution is 2.34. The van der Waals surface area contributed by atoms with E-state index in [4.69, 9.17) is 9.26 Å². The summed E-state index contributed by atoms with van der Waals surface area (Å²) in [6.07, 6.45) is 2.75. The summed E-state index contributed by atoms with van der Waals surface area (Å²) in [5.41, 5.74) is 0.0194. The highest BCUT2D eigenvalue weighted by Gasteiger charge is 2.36. The molecule has 166 valence electrons. The highest BCUT2D eigenvalue weighted by atomic mass is 19.1. The fourth-order valence-electron chi connectivity index (χ4n) is 4.45. The molecule has 0 N–H and O–H groups in total. The molecule has 0 spiro atoms. The summed E-state index contributed by atoms with van der Waals surface area (Å²) in [6, 6.07) is 10.2. The van der Waals surface area contributed by atoms with E-state index < -0.39 is 17.1 Å². The molecule has 10 heteroatoms. The molecule has 0 bridgehead atoms. The smallest absolute Gasteiger partial charge is 0.280 e. The number of imidazole rings is 1. The zero-order valence-corrected chi connectivity index (χ0v) is 17.5. The van der Waals surface area contributed by atoms with Gasteiger partial charge in [0.25, 0.3) is 11.4 Å². The summed E-state index contributed by atoms with van der Waals surface area (Å²) in [5.74, 6) is -0.671. The normalized spacial score (nSPS) is 18.5. The van der Waals surface area contributed by atoms with Gasteiger partial charge in [-0.25, -0.2) is 13.8 Å². The van der Waals surface area contributed by atoms with Gasteiger partial charge in [0.15, 0.2) is 0 Å². The van der Waals surface area contributed by atoms with Gasteiger partial charge in [-0.05, 0) is 56.2 Å². The number of para-hydroxylation sites is 1. The summed E-state index contributed by atoms with van der Waals surface area (Å²) in [7, 11) is 0. The monoisotopic (exact) mass is 449 g/mol. The number of benzene rings is 2. The molecule has 2 aromatic carbocycles. The second-order valence-electron chi connectivity index (χ2n) is 8.12. The third-order valence-electron chi connectivity index (χ3n) is 6.02. The molecule has 8 nitrogen and oxygen atoms in total. The zero-order chi connectivity index (χ0) is 22.7. The second-order valence-corrected chi connectivity index (χ2v) is 8.12. The van der Waals surface area contributed by atoms with Crippen LogP contribution in [0.4, 0.5) is 8.78 Å². The predicted molar refractivity (Wildman–Crippen MR) is 114 cm³/mol. The molecular formula is C23H17F2N5O3. The van der Waals surface area contributed by atoms with Crippen molar-refractivity contribution in [3.8, 4) is 23.0 Å². The van der Waals surface area contributed by atoms with Crippen LogP contribution in [0.2, 0.25) is 0 Å². The van der Waals surface area contributed by atoms with Gasteiger partial charge in [-0.2, -0.15) is 4.98 Å². The minimum absolute atomic E-state index is 0.0914. The third kappa shape index (κ3) is 2.91. The Balaban J connectivity index is 1.62. The maximum atomic E-state index is 15.0. The lowest BCUT2D eigenvalue weighted by atomic mass is 10.1. The summed E-state index contributed by atoms with van der Waals surface area (Å²) < 4.78 is 42.4. The average Bonchev–Trinajstić information content (AvgIpc) is 3.55. The van der Waals surface area contributed by atoms with Crippen molar-refractivity contribution in [1.29, 1.82) is 0 Å². The molecule has 0 aliphatic carbocycles. The second kappa shape index (κ2) is 7.04. The van der Waals surface area contributed by atoms with Gasteiger partial charge in [0.05, 0.1) is 5.52 Å². The quantitative estimate of drug-likeness (QED) is 0.412. The van der Waals surface area contributed by atoms with Crippen molar-refractivity contribution in [2.24, 2.45) is 0 Å². The van der Waals surface area contributed by atoms with Crippen LogP contribution in [-0.4, -0.2) is 30.7 Å². The van der Waals surface area contributed by atoms with E-state index in [2.05, 4.69) is 15.1 Å². The van der Waals surface area contributed by atoms with Gasteiger partial charge >= 0.3 is 0 Å². The number of ether oxygens (including phenoxy) is 1. The molecule has 4 heterocycles. The van der Waals surface area contributed by atoms with Crippen LogP contribution in [0.3, 0.4) is 0 Å². The lowest BCUT2D eigenvalue weighted by Crippen LogP contribution is -2.39. The van der Waals surface area contributed by atoms with Crippen LogP contribution in [0.5, 0.6) is 0 Å². The molecule has 1 fully saturated rings. The lowest BCUT2D eigenvalue weighted by Gasteiger charge is -2.28. The van der Waals surface area contributed by atoms with Crippen LogP contribution >= 0.6 is 0 Å². The Morgan fingerprint density at radius 2 is 1.91 bits per heavy atom. The van der Waals surface area contributed by atoms with E-state index in [1.807, 2.05) is 0 Å². The minimum atomic E-state index is -1.00. The molecule has 0 radical (unpaired) electrons. The number of fused-ring (bicyclic) bond motifs is 3. The molecule has 0 saturated carbocycles. The first-order valence-corrected chi connectivity index (χ1v) is 10.4. The van der Waals surface area contributed by atoms with Crippen molar-refractivity contribution in [2.45, 2.75) is 25.5 Å². The minimum Gasteiger partial charge on any atom is -0.355 e. The molecule has 33 heavy (non-hydrogen) atoms. The van der Waals surface area contributed by atoms with E-state index in [-0.39, 0.29) is 34.3 Å². The number of halogens is 2. The number of aromatic nitrogens is 5. The van der Waals surface area contributed by atoms with Crippen molar-refractivity contribution < 1.29 is 18.0 Å². The van der Waals surface area contributed by atoms with Gasteiger partial charge < -0.3 is 9.26 Å². The van der Waals surface area contributed by atoms with E-state index in [1.54, 1.807) is 19.1 Å². The first-order chi connectivity index (χ1) is 16.0. The van der Waals surface area contributed by atoms with E-state index in [1.165, 1.54) is 45.6 Å². The van der Waals surface area contributed by atoms with Crippen LogP contribution in [0, 0.1) is 11.6 Å². The topological polar surface area (TPSA) is 87.5 Å². The van der Waals surface area contributed by atoms with Crippen molar-refractivity contribution >= 4 is 16.6 Å².